The Hall–Kier alpha value is -1.97. The van der Waals surface area contributed by atoms with Gasteiger partial charge in [0.2, 0.25) is 5.78 Å². The monoisotopic (exact) mass is 204 g/mol. The van der Waals surface area contributed by atoms with Crippen molar-refractivity contribution < 1.29 is 9.18 Å². The standard InChI is InChI=1S/C11H9FN2O/c1-7-2-3-8(12)6-9(7)10(15)11-13-4-5-14-11/h2-6H,1H3,(H,13,14). The van der Waals surface area contributed by atoms with Gasteiger partial charge in [0.25, 0.3) is 0 Å². The highest BCUT2D eigenvalue weighted by atomic mass is 19.1. The number of hydrogen-bond donors (Lipinski definition) is 1. The number of carbonyl (C=O) groups is 1. The van der Waals surface area contributed by atoms with Crippen molar-refractivity contribution in [3.8, 4) is 0 Å². The van der Waals surface area contributed by atoms with Crippen LogP contribution in [0, 0.1) is 12.7 Å². The molecule has 0 aliphatic rings. The van der Waals surface area contributed by atoms with Crippen LogP contribution in [0.5, 0.6) is 0 Å². The molecule has 0 fully saturated rings. The number of rotatable bonds is 2. The van der Waals surface area contributed by atoms with Crippen molar-refractivity contribution in [1.29, 1.82) is 0 Å². The highest BCUT2D eigenvalue weighted by Crippen LogP contribution is 2.13. The molecule has 0 aliphatic heterocycles. The van der Waals surface area contributed by atoms with E-state index in [1.165, 1.54) is 18.3 Å². The van der Waals surface area contributed by atoms with Crippen LogP contribution in [0.3, 0.4) is 0 Å². The third-order valence-electron chi connectivity index (χ3n) is 2.16. The summed E-state index contributed by atoms with van der Waals surface area (Å²) in [6, 6.07) is 4.12. The molecule has 1 aromatic heterocycles. The van der Waals surface area contributed by atoms with Crippen LogP contribution in [0.1, 0.15) is 21.7 Å². The first kappa shape index (κ1) is 9.58. The molecule has 0 radical (unpaired) electrons. The van der Waals surface area contributed by atoms with Gasteiger partial charge in [-0.3, -0.25) is 4.79 Å². The average molecular weight is 204 g/mol. The number of aryl methyl sites for hydroxylation is 1. The number of ketones is 1. The fourth-order valence-electron chi connectivity index (χ4n) is 1.36. The highest BCUT2D eigenvalue weighted by Gasteiger charge is 2.14. The Morgan fingerprint density at radius 3 is 2.93 bits per heavy atom. The van der Waals surface area contributed by atoms with Gasteiger partial charge >= 0.3 is 0 Å². The van der Waals surface area contributed by atoms with Crippen molar-refractivity contribution in [3.63, 3.8) is 0 Å². The maximum absolute atomic E-state index is 13.0. The van der Waals surface area contributed by atoms with Gasteiger partial charge in [-0.25, -0.2) is 9.37 Å². The molecule has 0 spiro atoms. The van der Waals surface area contributed by atoms with Gasteiger partial charge in [0.05, 0.1) is 0 Å². The Bertz CT molecular complexity index is 491. The first-order chi connectivity index (χ1) is 7.18. The molecule has 1 heterocycles. The van der Waals surface area contributed by atoms with Crippen LogP contribution in [0.4, 0.5) is 4.39 Å². The third kappa shape index (κ3) is 1.79. The molecule has 1 aromatic carbocycles. The maximum Gasteiger partial charge on any atom is 0.228 e. The molecule has 0 saturated heterocycles. The minimum absolute atomic E-state index is 0.226. The second-order valence-electron chi connectivity index (χ2n) is 3.23. The molecule has 0 amide bonds. The maximum atomic E-state index is 13.0. The average Bonchev–Trinajstić information content (AvgIpc) is 2.74. The van der Waals surface area contributed by atoms with E-state index in [1.54, 1.807) is 19.2 Å². The first-order valence-corrected chi connectivity index (χ1v) is 4.48. The van der Waals surface area contributed by atoms with Crippen LogP contribution in [0.15, 0.2) is 30.6 Å². The SMILES string of the molecule is Cc1ccc(F)cc1C(=O)c1ncc[nH]1. The van der Waals surface area contributed by atoms with Crippen LogP contribution in [0.25, 0.3) is 0 Å². The van der Waals surface area contributed by atoms with Crippen molar-refractivity contribution in [2.24, 2.45) is 0 Å². The zero-order valence-corrected chi connectivity index (χ0v) is 8.12. The molecule has 15 heavy (non-hydrogen) atoms. The third-order valence-corrected chi connectivity index (χ3v) is 2.16. The Morgan fingerprint density at radius 1 is 1.47 bits per heavy atom. The van der Waals surface area contributed by atoms with E-state index in [0.717, 1.165) is 5.56 Å². The normalized spacial score (nSPS) is 10.3. The number of H-pyrrole nitrogens is 1. The number of benzene rings is 1. The summed E-state index contributed by atoms with van der Waals surface area (Å²) >= 11 is 0. The van der Waals surface area contributed by atoms with Crippen molar-refractivity contribution in [2.75, 3.05) is 0 Å². The Labute approximate surface area is 86.0 Å². The molecule has 0 atom stereocenters. The molecule has 0 bridgehead atoms. The van der Waals surface area contributed by atoms with Gasteiger partial charge in [0, 0.05) is 18.0 Å². The van der Waals surface area contributed by atoms with Crippen LogP contribution in [-0.2, 0) is 0 Å². The molecule has 0 saturated carbocycles. The van der Waals surface area contributed by atoms with Crippen LogP contribution in [-0.4, -0.2) is 15.8 Å². The van der Waals surface area contributed by atoms with E-state index >= 15 is 0 Å². The number of imidazole rings is 1. The number of nitrogens with one attached hydrogen (secondary N) is 1. The summed E-state index contributed by atoms with van der Waals surface area (Å²) < 4.78 is 13.0. The van der Waals surface area contributed by atoms with E-state index in [2.05, 4.69) is 9.97 Å². The summed E-state index contributed by atoms with van der Waals surface area (Å²) in [7, 11) is 0. The van der Waals surface area contributed by atoms with Gasteiger partial charge in [-0.05, 0) is 24.6 Å². The quantitative estimate of drug-likeness (QED) is 0.761. The Balaban J connectivity index is 2.46. The van der Waals surface area contributed by atoms with E-state index in [-0.39, 0.29) is 11.6 Å². The number of nitrogens with zero attached hydrogens (tertiary/aromatic N) is 1. The second kappa shape index (κ2) is 3.65. The lowest BCUT2D eigenvalue weighted by Crippen LogP contribution is -2.06. The second-order valence-corrected chi connectivity index (χ2v) is 3.23. The molecular formula is C11H9FN2O. The highest BCUT2D eigenvalue weighted by molar-refractivity contribution is 6.07. The van der Waals surface area contributed by atoms with Crippen molar-refractivity contribution in [3.05, 3.63) is 53.4 Å². The molecule has 2 aromatic rings. The summed E-state index contributed by atoms with van der Waals surface area (Å²) in [6.07, 6.45) is 3.05. The molecule has 0 unspecified atom stereocenters. The number of hydrogen-bond acceptors (Lipinski definition) is 2. The fourth-order valence-corrected chi connectivity index (χ4v) is 1.36. The molecular weight excluding hydrogens is 195 g/mol. The summed E-state index contributed by atoms with van der Waals surface area (Å²) in [5.74, 6) is -0.490. The largest absolute Gasteiger partial charge is 0.342 e. The molecule has 3 nitrogen and oxygen atoms in total. The van der Waals surface area contributed by atoms with Gasteiger partial charge in [-0.2, -0.15) is 0 Å². The van der Waals surface area contributed by atoms with Crippen LogP contribution >= 0.6 is 0 Å². The van der Waals surface area contributed by atoms with Crippen LogP contribution < -0.4 is 0 Å². The number of aromatic amines is 1. The van der Waals surface area contributed by atoms with E-state index in [4.69, 9.17) is 0 Å². The summed E-state index contributed by atoms with van der Waals surface area (Å²) in [4.78, 5) is 18.4. The molecule has 1 N–H and O–H groups in total. The van der Waals surface area contributed by atoms with Gasteiger partial charge < -0.3 is 4.98 Å². The van der Waals surface area contributed by atoms with Crippen molar-refractivity contribution in [2.45, 2.75) is 6.92 Å². The lowest BCUT2D eigenvalue weighted by Gasteiger charge is -2.02. The van der Waals surface area contributed by atoms with Gasteiger partial charge in [0.15, 0.2) is 5.82 Å². The van der Waals surface area contributed by atoms with E-state index in [0.29, 0.717) is 5.56 Å². The lowest BCUT2D eigenvalue weighted by molar-refractivity contribution is 0.102. The Kier molecular flexibility index (Phi) is 2.33. The summed E-state index contributed by atoms with van der Waals surface area (Å²) in [6.45, 7) is 1.76. The zero-order chi connectivity index (χ0) is 10.8. The van der Waals surface area contributed by atoms with E-state index in [9.17, 15) is 9.18 Å². The van der Waals surface area contributed by atoms with Crippen molar-refractivity contribution in [1.82, 2.24) is 9.97 Å². The summed E-state index contributed by atoms with van der Waals surface area (Å²) in [5.41, 5.74) is 1.07. The molecule has 4 heteroatoms. The van der Waals surface area contributed by atoms with Gasteiger partial charge in [-0.15, -0.1) is 0 Å². The van der Waals surface area contributed by atoms with E-state index in [1.807, 2.05) is 0 Å². The van der Waals surface area contributed by atoms with Gasteiger partial charge in [-0.1, -0.05) is 6.07 Å². The predicted molar refractivity (Wildman–Crippen MR) is 53.2 cm³/mol. The molecule has 76 valence electrons. The zero-order valence-electron chi connectivity index (χ0n) is 8.12. The van der Waals surface area contributed by atoms with E-state index < -0.39 is 5.82 Å². The predicted octanol–water partition coefficient (Wildman–Crippen LogP) is 2.09. The molecule has 0 aliphatic carbocycles. The number of aromatic nitrogens is 2. The minimum Gasteiger partial charge on any atom is -0.342 e. The smallest absolute Gasteiger partial charge is 0.228 e. The fraction of sp³-hybridized carbons (Fsp3) is 0.0909. The van der Waals surface area contributed by atoms with Gasteiger partial charge in [0.1, 0.15) is 5.82 Å². The minimum atomic E-state index is -0.421. The topological polar surface area (TPSA) is 45.8 Å². The first-order valence-electron chi connectivity index (χ1n) is 4.48. The Morgan fingerprint density at radius 2 is 2.27 bits per heavy atom. The van der Waals surface area contributed by atoms with Crippen LogP contribution in [0.2, 0.25) is 0 Å². The van der Waals surface area contributed by atoms with Crippen molar-refractivity contribution >= 4 is 5.78 Å². The number of carbonyl (C=O) groups excluding carboxylic acids is 1. The number of halogens is 1. The lowest BCUT2D eigenvalue weighted by atomic mass is 10.0. The summed E-state index contributed by atoms with van der Waals surface area (Å²) in [5, 5.41) is 0. The molecule has 2 rings (SSSR count).